The van der Waals surface area contributed by atoms with Gasteiger partial charge >= 0.3 is 0 Å². The molecular weight excluding hydrogens is 209 g/mol. The third-order valence-electron chi connectivity index (χ3n) is 2.52. The maximum Gasteiger partial charge on any atom is 0.240 e. The molecule has 0 aromatic heterocycles. The van der Waals surface area contributed by atoms with Gasteiger partial charge in [-0.25, -0.2) is 13.1 Å². The minimum absolute atomic E-state index is 0.167. The smallest absolute Gasteiger partial charge is 0.208 e. The van der Waals surface area contributed by atoms with E-state index < -0.39 is 10.0 Å². The van der Waals surface area contributed by atoms with E-state index in [1.807, 2.05) is 13.9 Å². The van der Waals surface area contributed by atoms with Gasteiger partial charge < -0.3 is 0 Å². The van der Waals surface area contributed by atoms with Crippen molar-refractivity contribution in [3.05, 3.63) is 29.8 Å². The van der Waals surface area contributed by atoms with Gasteiger partial charge in [-0.3, -0.25) is 0 Å². The lowest BCUT2D eigenvalue weighted by Crippen LogP contribution is -2.25. The first-order valence-electron chi connectivity index (χ1n) is 5.23. The van der Waals surface area contributed by atoms with Crippen molar-refractivity contribution in [2.45, 2.75) is 30.1 Å². The van der Waals surface area contributed by atoms with Gasteiger partial charge in [0.25, 0.3) is 0 Å². The van der Waals surface area contributed by atoms with Crippen molar-refractivity contribution in [3.8, 4) is 0 Å². The Balaban J connectivity index is 2.26. The second-order valence-corrected chi connectivity index (χ2v) is 5.61. The number of rotatable bonds is 4. The Bertz CT molecular complexity index is 454. The molecule has 1 N–H and O–H groups in total. The normalized spacial score (nSPS) is 16.5. The summed E-state index contributed by atoms with van der Waals surface area (Å²) in [6, 6.07) is 7.28. The molecule has 0 saturated heterocycles. The molecule has 1 aliphatic carbocycles. The van der Waals surface area contributed by atoms with Crippen LogP contribution in [-0.4, -0.2) is 22.3 Å². The van der Waals surface area contributed by atoms with Crippen molar-refractivity contribution in [1.29, 1.82) is 0 Å². The van der Waals surface area contributed by atoms with E-state index in [-0.39, 0.29) is 6.04 Å². The van der Waals surface area contributed by atoms with Crippen LogP contribution in [0.25, 0.3) is 0 Å². The van der Waals surface area contributed by atoms with Gasteiger partial charge in [0.15, 0.2) is 0 Å². The highest BCUT2D eigenvalue weighted by molar-refractivity contribution is 7.89. The fourth-order valence-corrected chi connectivity index (χ4v) is 2.80. The van der Waals surface area contributed by atoms with Crippen LogP contribution in [-0.2, 0) is 16.3 Å². The van der Waals surface area contributed by atoms with Gasteiger partial charge in [0.2, 0.25) is 10.0 Å². The molecule has 3 nitrogen and oxygen atoms in total. The molecule has 0 bridgehead atoms. The third kappa shape index (κ3) is 2.61. The molecule has 1 aromatic rings. The molecule has 1 saturated carbocycles. The summed E-state index contributed by atoms with van der Waals surface area (Å²) in [6.45, 7) is 0. The minimum Gasteiger partial charge on any atom is -0.208 e. The predicted octanol–water partition coefficient (Wildman–Crippen LogP) is 0.260. The Morgan fingerprint density at radius 1 is 1.40 bits per heavy atom. The van der Waals surface area contributed by atoms with Crippen molar-refractivity contribution in [1.82, 2.24) is 4.72 Å². The molecule has 0 atom stereocenters. The molecule has 0 heterocycles. The zero-order valence-electron chi connectivity index (χ0n) is 8.73. The van der Waals surface area contributed by atoms with Crippen molar-refractivity contribution in [2.24, 2.45) is 0 Å². The van der Waals surface area contributed by atoms with Gasteiger partial charge in [-0.05, 0) is 25.0 Å². The molecule has 1 fully saturated rings. The number of hydrogen-bond donors (Lipinski definition) is 1. The van der Waals surface area contributed by atoms with Gasteiger partial charge in [-0.2, -0.15) is 0 Å². The van der Waals surface area contributed by atoms with Crippen LogP contribution < -0.4 is 4.72 Å². The fourth-order valence-electron chi connectivity index (χ4n) is 1.42. The van der Waals surface area contributed by atoms with Crippen molar-refractivity contribution in [2.75, 3.05) is 0 Å². The van der Waals surface area contributed by atoms with Gasteiger partial charge in [-0.15, -0.1) is 0 Å². The van der Waals surface area contributed by atoms with E-state index in [1.165, 1.54) is 0 Å². The van der Waals surface area contributed by atoms with Crippen LogP contribution in [0.1, 0.15) is 18.4 Å². The monoisotopic (exact) mass is 223 g/mol. The Hall–Kier alpha value is -0.805. The van der Waals surface area contributed by atoms with E-state index in [2.05, 4.69) is 4.72 Å². The van der Waals surface area contributed by atoms with E-state index in [0.29, 0.717) is 4.90 Å². The van der Waals surface area contributed by atoms with E-state index in [4.69, 9.17) is 0 Å². The maximum absolute atomic E-state index is 11.8. The van der Waals surface area contributed by atoms with Gasteiger partial charge in [0, 0.05) is 6.04 Å². The van der Waals surface area contributed by atoms with E-state index >= 15 is 0 Å². The molecule has 0 spiro atoms. The van der Waals surface area contributed by atoms with Crippen molar-refractivity contribution in [3.63, 3.8) is 0 Å². The predicted molar refractivity (Wildman–Crippen MR) is 62.0 cm³/mol. The average molecular weight is 223 g/mol. The molecule has 5 heteroatoms. The first-order chi connectivity index (χ1) is 7.12. The minimum atomic E-state index is -3.28. The first kappa shape index (κ1) is 10.7. The SMILES string of the molecule is BCc1cccc(S(=O)(=O)NC2CC2)c1. The summed E-state index contributed by atoms with van der Waals surface area (Å²) in [6.07, 6.45) is 2.78. The standard InChI is InChI=1S/C10H14BNO2S/c11-7-8-2-1-3-10(6-8)15(13,14)12-9-4-5-9/h1-3,6,9,12H,4-5,7,11H2. The highest BCUT2D eigenvalue weighted by Crippen LogP contribution is 2.22. The Morgan fingerprint density at radius 2 is 2.13 bits per heavy atom. The van der Waals surface area contributed by atoms with Gasteiger partial charge in [0.1, 0.15) is 7.85 Å². The molecule has 0 radical (unpaired) electrons. The van der Waals surface area contributed by atoms with Crippen molar-refractivity contribution < 1.29 is 8.42 Å². The summed E-state index contributed by atoms with van der Waals surface area (Å²) in [5.74, 6) is 0. The zero-order chi connectivity index (χ0) is 10.9. The zero-order valence-corrected chi connectivity index (χ0v) is 9.55. The van der Waals surface area contributed by atoms with Crippen LogP contribution >= 0.6 is 0 Å². The third-order valence-corrected chi connectivity index (χ3v) is 4.03. The average Bonchev–Trinajstić information content (AvgIpc) is 3.01. The topological polar surface area (TPSA) is 46.2 Å². The summed E-state index contributed by atoms with van der Waals surface area (Å²) in [7, 11) is -1.27. The van der Waals surface area contributed by atoms with Gasteiger partial charge in [-0.1, -0.05) is 24.0 Å². The van der Waals surface area contributed by atoms with Crippen LogP contribution in [0.15, 0.2) is 29.2 Å². The summed E-state index contributed by atoms with van der Waals surface area (Å²) in [5.41, 5.74) is 1.05. The lowest BCUT2D eigenvalue weighted by Gasteiger charge is -2.06. The molecule has 15 heavy (non-hydrogen) atoms. The lowest BCUT2D eigenvalue weighted by atomic mass is 9.97. The Morgan fingerprint density at radius 3 is 2.73 bits per heavy atom. The lowest BCUT2D eigenvalue weighted by molar-refractivity contribution is 0.581. The number of nitrogens with one attached hydrogen (secondary N) is 1. The summed E-state index contributed by atoms with van der Waals surface area (Å²) >= 11 is 0. The highest BCUT2D eigenvalue weighted by atomic mass is 32.2. The highest BCUT2D eigenvalue weighted by Gasteiger charge is 2.27. The quantitative estimate of drug-likeness (QED) is 0.744. The number of benzene rings is 1. The van der Waals surface area contributed by atoms with Crippen LogP contribution in [0.5, 0.6) is 0 Å². The Labute approximate surface area is 91.3 Å². The largest absolute Gasteiger partial charge is 0.240 e. The summed E-state index contributed by atoms with van der Waals surface area (Å²) in [4.78, 5) is 0.383. The van der Waals surface area contributed by atoms with Crippen LogP contribution in [0.3, 0.4) is 0 Å². The molecule has 0 aliphatic heterocycles. The van der Waals surface area contributed by atoms with Crippen molar-refractivity contribution >= 4 is 17.9 Å². The fraction of sp³-hybridized carbons (Fsp3) is 0.400. The number of sulfonamides is 1. The molecule has 0 amide bonds. The van der Waals surface area contributed by atoms with E-state index in [1.54, 1.807) is 18.2 Å². The van der Waals surface area contributed by atoms with Crippen LogP contribution in [0.4, 0.5) is 0 Å². The second-order valence-electron chi connectivity index (χ2n) is 3.90. The van der Waals surface area contributed by atoms with Crippen LogP contribution in [0.2, 0.25) is 0 Å². The Kier molecular flexibility index (Phi) is 2.84. The first-order valence-corrected chi connectivity index (χ1v) is 6.71. The summed E-state index contributed by atoms with van der Waals surface area (Å²) < 4.78 is 26.3. The molecule has 80 valence electrons. The summed E-state index contributed by atoms with van der Waals surface area (Å²) in [5, 5.41) is 0. The molecule has 1 aliphatic rings. The molecule has 2 rings (SSSR count). The van der Waals surface area contributed by atoms with Crippen LogP contribution in [0, 0.1) is 0 Å². The maximum atomic E-state index is 11.8. The molecular formula is C10H14BNO2S. The molecule has 0 unspecified atom stereocenters. The van der Waals surface area contributed by atoms with Gasteiger partial charge in [0.05, 0.1) is 4.90 Å². The molecule has 1 aromatic carbocycles. The number of hydrogen-bond acceptors (Lipinski definition) is 2. The second kappa shape index (κ2) is 3.98. The van der Waals surface area contributed by atoms with E-state index in [9.17, 15) is 8.42 Å². The van der Waals surface area contributed by atoms with E-state index in [0.717, 1.165) is 24.7 Å².